The average Bonchev–Trinajstić information content (AvgIpc) is 2.30. The maximum Gasteiger partial charge on any atom is 0.224 e. The Morgan fingerprint density at radius 1 is 1.18 bits per heavy atom. The van der Waals surface area contributed by atoms with Crippen LogP contribution >= 0.6 is 0 Å². The van der Waals surface area contributed by atoms with Crippen molar-refractivity contribution in [1.29, 1.82) is 0 Å². The van der Waals surface area contributed by atoms with Gasteiger partial charge in [-0.25, -0.2) is 13.2 Å². The van der Waals surface area contributed by atoms with E-state index in [9.17, 15) is 18.0 Å². The number of carbonyl (C=O) groups excluding carboxylic acids is 1. The van der Waals surface area contributed by atoms with Gasteiger partial charge in [0, 0.05) is 6.42 Å². The van der Waals surface area contributed by atoms with Gasteiger partial charge in [-0.15, -0.1) is 0 Å². The van der Waals surface area contributed by atoms with Gasteiger partial charge in [-0.1, -0.05) is 19.8 Å². The van der Waals surface area contributed by atoms with Gasteiger partial charge >= 0.3 is 0 Å². The molecule has 0 saturated carbocycles. The minimum atomic E-state index is -1.57. The van der Waals surface area contributed by atoms with Gasteiger partial charge in [0.25, 0.3) is 0 Å². The Balaban J connectivity index is 2.63. The van der Waals surface area contributed by atoms with Gasteiger partial charge in [0.2, 0.25) is 5.91 Å². The molecule has 0 aliphatic heterocycles. The van der Waals surface area contributed by atoms with Crippen molar-refractivity contribution in [3.8, 4) is 0 Å². The van der Waals surface area contributed by atoms with E-state index < -0.39 is 23.4 Å². The fourth-order valence-corrected chi connectivity index (χ4v) is 1.37. The molecular weight excluding hydrogens is 231 g/mol. The molecule has 94 valence electrons. The van der Waals surface area contributed by atoms with Crippen LogP contribution in [-0.2, 0) is 4.79 Å². The Labute approximate surface area is 97.8 Å². The predicted octanol–water partition coefficient (Wildman–Crippen LogP) is 3.62. The largest absolute Gasteiger partial charge is 0.324 e. The summed E-state index contributed by atoms with van der Waals surface area (Å²) < 4.78 is 38.6. The molecule has 1 aromatic rings. The smallest absolute Gasteiger partial charge is 0.224 e. The molecule has 1 aromatic carbocycles. The van der Waals surface area contributed by atoms with Crippen molar-refractivity contribution in [2.24, 2.45) is 0 Å². The molecular formula is C12H14F3NO. The SMILES string of the molecule is CCCCCC(=O)Nc1ccc(F)c(F)c1F. The number of unbranched alkanes of at least 4 members (excludes halogenated alkanes) is 2. The zero-order valence-corrected chi connectivity index (χ0v) is 9.53. The molecule has 5 heteroatoms. The summed E-state index contributed by atoms with van der Waals surface area (Å²) in [4.78, 5) is 11.3. The van der Waals surface area contributed by atoms with Gasteiger partial charge < -0.3 is 5.32 Å². The summed E-state index contributed by atoms with van der Waals surface area (Å²) in [7, 11) is 0. The number of benzene rings is 1. The molecule has 17 heavy (non-hydrogen) atoms. The van der Waals surface area contributed by atoms with E-state index in [1.54, 1.807) is 0 Å². The number of hydrogen-bond donors (Lipinski definition) is 1. The van der Waals surface area contributed by atoms with Crippen LogP contribution in [0.2, 0.25) is 0 Å². The van der Waals surface area contributed by atoms with Crippen LogP contribution in [-0.4, -0.2) is 5.91 Å². The quantitative estimate of drug-likeness (QED) is 0.623. The van der Waals surface area contributed by atoms with Crippen LogP contribution in [0, 0.1) is 17.5 Å². The lowest BCUT2D eigenvalue weighted by Gasteiger charge is -2.06. The third-order valence-corrected chi connectivity index (χ3v) is 2.32. The molecule has 0 atom stereocenters. The van der Waals surface area contributed by atoms with E-state index >= 15 is 0 Å². The summed E-state index contributed by atoms with van der Waals surface area (Å²) in [6, 6.07) is 1.78. The fraction of sp³-hybridized carbons (Fsp3) is 0.417. The monoisotopic (exact) mass is 245 g/mol. The Morgan fingerprint density at radius 3 is 2.53 bits per heavy atom. The van der Waals surface area contributed by atoms with E-state index in [2.05, 4.69) is 5.32 Å². The second-order valence-electron chi connectivity index (χ2n) is 3.73. The maximum atomic E-state index is 13.2. The lowest BCUT2D eigenvalue weighted by atomic mass is 10.2. The summed E-state index contributed by atoms with van der Waals surface area (Å²) in [6.45, 7) is 1.99. The Kier molecular flexibility index (Phi) is 5.00. The number of carbonyl (C=O) groups is 1. The molecule has 1 rings (SSSR count). The summed E-state index contributed by atoms with van der Waals surface area (Å²) in [5.41, 5.74) is -0.328. The van der Waals surface area contributed by atoms with Gasteiger partial charge in [-0.05, 0) is 18.6 Å². The van der Waals surface area contributed by atoms with E-state index in [-0.39, 0.29) is 12.1 Å². The molecule has 1 amide bonds. The number of hydrogen-bond acceptors (Lipinski definition) is 1. The van der Waals surface area contributed by atoms with Crippen molar-refractivity contribution < 1.29 is 18.0 Å². The molecule has 0 aromatic heterocycles. The zero-order valence-electron chi connectivity index (χ0n) is 9.53. The van der Waals surface area contributed by atoms with Crippen LogP contribution in [0.4, 0.5) is 18.9 Å². The Hall–Kier alpha value is -1.52. The molecule has 0 saturated heterocycles. The normalized spacial score (nSPS) is 10.4. The molecule has 0 bridgehead atoms. The number of halogens is 3. The molecule has 0 radical (unpaired) electrons. The summed E-state index contributed by atoms with van der Waals surface area (Å²) >= 11 is 0. The number of rotatable bonds is 5. The molecule has 0 heterocycles. The van der Waals surface area contributed by atoms with Gasteiger partial charge in [-0.3, -0.25) is 4.79 Å². The molecule has 1 N–H and O–H groups in total. The first-order valence-corrected chi connectivity index (χ1v) is 5.49. The van der Waals surface area contributed by atoms with Crippen LogP contribution in [0.3, 0.4) is 0 Å². The van der Waals surface area contributed by atoms with Crippen LogP contribution < -0.4 is 5.32 Å². The van der Waals surface area contributed by atoms with Crippen LogP contribution in [0.5, 0.6) is 0 Å². The first kappa shape index (κ1) is 13.5. The van der Waals surface area contributed by atoms with E-state index in [1.165, 1.54) is 0 Å². The van der Waals surface area contributed by atoms with E-state index in [0.29, 0.717) is 6.42 Å². The second kappa shape index (κ2) is 6.27. The highest BCUT2D eigenvalue weighted by molar-refractivity contribution is 5.90. The molecule has 0 fully saturated rings. The van der Waals surface area contributed by atoms with Gasteiger partial charge in [0.05, 0.1) is 5.69 Å². The highest BCUT2D eigenvalue weighted by atomic mass is 19.2. The van der Waals surface area contributed by atoms with Crippen molar-refractivity contribution in [1.82, 2.24) is 0 Å². The van der Waals surface area contributed by atoms with Gasteiger partial charge in [-0.2, -0.15) is 0 Å². The molecule has 0 spiro atoms. The second-order valence-corrected chi connectivity index (χ2v) is 3.73. The third-order valence-electron chi connectivity index (χ3n) is 2.32. The van der Waals surface area contributed by atoms with Gasteiger partial charge in [0.15, 0.2) is 17.5 Å². The van der Waals surface area contributed by atoms with E-state index in [4.69, 9.17) is 0 Å². The van der Waals surface area contributed by atoms with Crippen LogP contribution in [0.25, 0.3) is 0 Å². The standard InChI is InChI=1S/C12H14F3NO/c1-2-3-4-5-10(17)16-9-7-6-8(13)11(14)12(9)15/h6-7H,2-5H2,1H3,(H,16,17). The highest BCUT2D eigenvalue weighted by Gasteiger charge is 2.14. The number of amides is 1. The molecule has 0 unspecified atom stereocenters. The summed E-state index contributed by atoms with van der Waals surface area (Å²) in [5.74, 6) is -4.61. The van der Waals surface area contributed by atoms with Crippen molar-refractivity contribution in [2.75, 3.05) is 5.32 Å². The summed E-state index contributed by atoms with van der Waals surface area (Å²) in [5, 5.41) is 2.22. The Bertz CT molecular complexity index is 407. The lowest BCUT2D eigenvalue weighted by Crippen LogP contribution is -2.13. The van der Waals surface area contributed by atoms with Gasteiger partial charge in [0.1, 0.15) is 0 Å². The zero-order chi connectivity index (χ0) is 12.8. The lowest BCUT2D eigenvalue weighted by molar-refractivity contribution is -0.116. The van der Waals surface area contributed by atoms with Crippen molar-refractivity contribution in [3.63, 3.8) is 0 Å². The van der Waals surface area contributed by atoms with Crippen LogP contribution in [0.1, 0.15) is 32.6 Å². The molecule has 2 nitrogen and oxygen atoms in total. The highest BCUT2D eigenvalue weighted by Crippen LogP contribution is 2.19. The van der Waals surface area contributed by atoms with Crippen LogP contribution in [0.15, 0.2) is 12.1 Å². The van der Waals surface area contributed by atoms with E-state index in [1.807, 2.05) is 6.92 Å². The van der Waals surface area contributed by atoms with Crippen molar-refractivity contribution in [2.45, 2.75) is 32.6 Å². The summed E-state index contributed by atoms with van der Waals surface area (Å²) in [6.07, 6.45) is 2.79. The third kappa shape index (κ3) is 3.76. The number of anilines is 1. The average molecular weight is 245 g/mol. The van der Waals surface area contributed by atoms with Crippen molar-refractivity contribution in [3.05, 3.63) is 29.6 Å². The minimum absolute atomic E-state index is 0.242. The maximum absolute atomic E-state index is 13.2. The topological polar surface area (TPSA) is 29.1 Å². The predicted molar refractivity (Wildman–Crippen MR) is 59.1 cm³/mol. The minimum Gasteiger partial charge on any atom is -0.324 e. The van der Waals surface area contributed by atoms with Crippen molar-refractivity contribution >= 4 is 11.6 Å². The first-order chi connectivity index (χ1) is 8.06. The number of nitrogens with one attached hydrogen (secondary N) is 1. The van der Waals surface area contributed by atoms with E-state index in [0.717, 1.165) is 25.0 Å². The first-order valence-electron chi connectivity index (χ1n) is 5.49. The fourth-order valence-electron chi connectivity index (χ4n) is 1.37. The molecule has 0 aliphatic rings. The Morgan fingerprint density at radius 2 is 1.88 bits per heavy atom. The molecule has 0 aliphatic carbocycles.